The van der Waals surface area contributed by atoms with Crippen LogP contribution in [0.3, 0.4) is 0 Å². The van der Waals surface area contributed by atoms with Crippen LogP contribution in [-0.4, -0.2) is 47.4 Å². The number of nitrogens with one attached hydrogen (secondary N) is 1. The summed E-state index contributed by atoms with van der Waals surface area (Å²) in [5, 5.41) is 2.92. The molecule has 1 unspecified atom stereocenters. The molecule has 0 aromatic rings. The van der Waals surface area contributed by atoms with Crippen molar-refractivity contribution in [1.29, 1.82) is 0 Å². The van der Waals surface area contributed by atoms with Gasteiger partial charge in [-0.05, 0) is 20.3 Å². The van der Waals surface area contributed by atoms with Gasteiger partial charge in [0.2, 0.25) is 5.91 Å². The summed E-state index contributed by atoms with van der Waals surface area (Å²) in [5.41, 5.74) is -0.0388. The highest BCUT2D eigenvalue weighted by Gasteiger charge is 2.51. The van der Waals surface area contributed by atoms with Crippen LogP contribution >= 0.6 is 0 Å². The third-order valence-corrected chi connectivity index (χ3v) is 4.66. The molecule has 122 valence electrons. The molecule has 1 atom stereocenters. The van der Waals surface area contributed by atoms with Crippen molar-refractivity contribution in [3.05, 3.63) is 11.1 Å². The lowest BCUT2D eigenvalue weighted by Gasteiger charge is -2.39. The first-order valence-corrected chi connectivity index (χ1v) is 7.82. The molecule has 22 heavy (non-hydrogen) atoms. The number of carbonyl (C=O) groups is 3. The number of hydrogen-bond donors (Lipinski definition) is 1. The Labute approximate surface area is 130 Å². The molecule has 0 radical (unpaired) electrons. The highest BCUT2D eigenvalue weighted by atomic mass is 16.6. The number of hydrogen-bond acceptors (Lipinski definition) is 4. The molecule has 1 N–H and O–H groups in total. The molecule has 0 aromatic heterocycles. The van der Waals surface area contributed by atoms with Gasteiger partial charge < -0.3 is 15.0 Å². The number of ether oxygens (including phenoxy) is 1. The minimum Gasteiger partial charge on any atom is -0.450 e. The van der Waals surface area contributed by atoms with E-state index in [0.29, 0.717) is 37.1 Å². The Morgan fingerprint density at radius 1 is 1.36 bits per heavy atom. The van der Waals surface area contributed by atoms with E-state index in [4.69, 9.17) is 4.74 Å². The van der Waals surface area contributed by atoms with Gasteiger partial charge in [-0.2, -0.15) is 0 Å². The van der Waals surface area contributed by atoms with Crippen LogP contribution in [0.5, 0.6) is 0 Å². The zero-order chi connectivity index (χ0) is 16.5. The van der Waals surface area contributed by atoms with Crippen LogP contribution in [0.15, 0.2) is 11.1 Å². The van der Waals surface area contributed by atoms with Crippen LogP contribution in [0.2, 0.25) is 0 Å². The highest BCUT2D eigenvalue weighted by molar-refractivity contribution is 6.07. The maximum Gasteiger partial charge on any atom is 0.335 e. The summed E-state index contributed by atoms with van der Waals surface area (Å²) >= 11 is 0. The molecule has 6 nitrogen and oxygen atoms in total. The van der Waals surface area contributed by atoms with E-state index >= 15 is 0 Å². The summed E-state index contributed by atoms with van der Waals surface area (Å²) in [7, 11) is 0. The van der Waals surface area contributed by atoms with E-state index in [1.54, 1.807) is 11.8 Å². The topological polar surface area (TPSA) is 75.7 Å². The molecule has 1 saturated heterocycles. The van der Waals surface area contributed by atoms with E-state index in [2.05, 4.69) is 5.32 Å². The lowest BCUT2D eigenvalue weighted by molar-refractivity contribution is -0.152. The summed E-state index contributed by atoms with van der Waals surface area (Å²) in [6.45, 7) is 8.07. The standard InChI is InChI=1S/C16H24N2O4/c1-5-10(2)17-14(20)13-11(3)15(21)22-16(13)6-8-18(9-7-16)12(4)19/h10H,5-9H2,1-4H3,(H,17,20). The minimum atomic E-state index is -0.870. The second-order valence-electron chi connectivity index (χ2n) is 6.17. The zero-order valence-electron chi connectivity index (χ0n) is 13.7. The molecular weight excluding hydrogens is 284 g/mol. The molecular formula is C16H24N2O4. The summed E-state index contributed by atoms with van der Waals surface area (Å²) in [6.07, 6.45) is 1.76. The van der Waals surface area contributed by atoms with E-state index in [0.717, 1.165) is 6.42 Å². The fourth-order valence-electron chi connectivity index (χ4n) is 3.06. The maximum absolute atomic E-state index is 12.6. The van der Waals surface area contributed by atoms with Gasteiger partial charge in [-0.25, -0.2) is 4.79 Å². The average molecular weight is 308 g/mol. The molecule has 2 amide bonds. The van der Waals surface area contributed by atoms with Crippen LogP contribution < -0.4 is 5.32 Å². The van der Waals surface area contributed by atoms with Gasteiger partial charge in [0.1, 0.15) is 5.60 Å². The molecule has 0 bridgehead atoms. The van der Waals surface area contributed by atoms with Crippen molar-refractivity contribution >= 4 is 17.8 Å². The molecule has 1 fully saturated rings. The van der Waals surface area contributed by atoms with Gasteiger partial charge in [0.25, 0.3) is 5.91 Å². The van der Waals surface area contributed by atoms with Crippen molar-refractivity contribution in [2.45, 2.75) is 58.6 Å². The smallest absolute Gasteiger partial charge is 0.335 e. The van der Waals surface area contributed by atoms with Gasteiger partial charge >= 0.3 is 5.97 Å². The van der Waals surface area contributed by atoms with Gasteiger partial charge in [-0.3, -0.25) is 9.59 Å². The first kappa shape index (κ1) is 16.5. The zero-order valence-corrected chi connectivity index (χ0v) is 13.7. The average Bonchev–Trinajstić information content (AvgIpc) is 2.70. The van der Waals surface area contributed by atoms with Crippen molar-refractivity contribution in [2.75, 3.05) is 13.1 Å². The largest absolute Gasteiger partial charge is 0.450 e. The number of rotatable bonds is 3. The predicted molar refractivity (Wildman–Crippen MR) is 80.9 cm³/mol. The Kier molecular flexibility index (Phi) is 4.58. The summed E-state index contributed by atoms with van der Waals surface area (Å²) < 4.78 is 5.57. The molecule has 6 heteroatoms. The number of amides is 2. The van der Waals surface area contributed by atoms with Crippen molar-refractivity contribution in [2.24, 2.45) is 0 Å². The second kappa shape index (κ2) is 6.10. The molecule has 2 aliphatic rings. The molecule has 2 aliphatic heterocycles. The monoisotopic (exact) mass is 308 g/mol. The minimum absolute atomic E-state index is 0.00508. The second-order valence-corrected chi connectivity index (χ2v) is 6.17. The van der Waals surface area contributed by atoms with E-state index in [-0.39, 0.29) is 17.9 Å². The van der Waals surface area contributed by atoms with Gasteiger partial charge in [-0.15, -0.1) is 0 Å². The van der Waals surface area contributed by atoms with Crippen LogP contribution in [0, 0.1) is 0 Å². The Bertz CT molecular complexity index is 530. The fraction of sp³-hybridized carbons (Fsp3) is 0.688. The Morgan fingerprint density at radius 3 is 2.45 bits per heavy atom. The number of likely N-dealkylation sites (tertiary alicyclic amines) is 1. The first-order chi connectivity index (χ1) is 10.3. The lowest BCUT2D eigenvalue weighted by atomic mass is 9.82. The van der Waals surface area contributed by atoms with E-state index < -0.39 is 11.6 Å². The molecule has 2 rings (SSSR count). The summed E-state index contributed by atoms with van der Waals surface area (Å²) in [6, 6.07) is 0.0397. The van der Waals surface area contributed by atoms with Crippen LogP contribution in [0.1, 0.15) is 47.0 Å². The molecule has 2 heterocycles. The number of carbonyl (C=O) groups excluding carboxylic acids is 3. The first-order valence-electron chi connectivity index (χ1n) is 7.82. The quantitative estimate of drug-likeness (QED) is 0.794. The van der Waals surface area contributed by atoms with Crippen molar-refractivity contribution < 1.29 is 19.1 Å². The Hall–Kier alpha value is -1.85. The SMILES string of the molecule is CCC(C)NC(=O)C1=C(C)C(=O)OC12CCN(C(C)=O)CC2. The number of piperidine rings is 1. The Balaban J connectivity index is 2.23. The van der Waals surface area contributed by atoms with Gasteiger partial charge in [0.05, 0.1) is 5.57 Å². The molecule has 0 aromatic carbocycles. The lowest BCUT2D eigenvalue weighted by Crippen LogP contribution is -2.50. The molecule has 0 aliphatic carbocycles. The summed E-state index contributed by atoms with van der Waals surface area (Å²) in [5.74, 6) is -0.648. The third kappa shape index (κ3) is 2.87. The molecule has 0 saturated carbocycles. The third-order valence-electron chi connectivity index (χ3n) is 4.66. The number of esters is 1. The Morgan fingerprint density at radius 2 is 1.95 bits per heavy atom. The van der Waals surface area contributed by atoms with Crippen molar-refractivity contribution in [3.63, 3.8) is 0 Å². The van der Waals surface area contributed by atoms with Gasteiger partial charge in [-0.1, -0.05) is 6.92 Å². The van der Waals surface area contributed by atoms with Gasteiger partial charge in [0, 0.05) is 44.5 Å². The highest BCUT2D eigenvalue weighted by Crippen LogP contribution is 2.41. The van der Waals surface area contributed by atoms with E-state index in [1.807, 2.05) is 13.8 Å². The molecule has 1 spiro atoms. The predicted octanol–water partition coefficient (Wildman–Crippen LogP) is 1.16. The van der Waals surface area contributed by atoms with E-state index in [1.165, 1.54) is 6.92 Å². The van der Waals surface area contributed by atoms with E-state index in [9.17, 15) is 14.4 Å². The van der Waals surface area contributed by atoms with Crippen LogP contribution in [-0.2, 0) is 19.1 Å². The number of nitrogens with zero attached hydrogens (tertiary/aromatic N) is 1. The maximum atomic E-state index is 12.6. The fourth-order valence-corrected chi connectivity index (χ4v) is 3.06. The summed E-state index contributed by atoms with van der Waals surface area (Å²) in [4.78, 5) is 37.7. The normalized spacial score (nSPS) is 21.8. The van der Waals surface area contributed by atoms with Gasteiger partial charge in [0.15, 0.2) is 0 Å². The van der Waals surface area contributed by atoms with Crippen molar-refractivity contribution in [3.8, 4) is 0 Å². The van der Waals surface area contributed by atoms with Crippen molar-refractivity contribution in [1.82, 2.24) is 10.2 Å². The van der Waals surface area contributed by atoms with Crippen LogP contribution in [0.4, 0.5) is 0 Å². The van der Waals surface area contributed by atoms with Crippen LogP contribution in [0.25, 0.3) is 0 Å².